The molecule has 0 spiro atoms. The van der Waals surface area contributed by atoms with Gasteiger partial charge in [-0.3, -0.25) is 4.79 Å². The first kappa shape index (κ1) is 14.7. The maximum atomic E-state index is 11.9. The van der Waals surface area contributed by atoms with Crippen LogP contribution in [0, 0.1) is 12.3 Å². The number of nitrogens with two attached hydrogens (primary N) is 1. The molecule has 3 nitrogen and oxygen atoms in total. The van der Waals surface area contributed by atoms with Crippen LogP contribution in [0.2, 0.25) is 0 Å². The van der Waals surface area contributed by atoms with E-state index in [1.165, 1.54) is 5.56 Å². The largest absolute Gasteiger partial charge is 0.466 e. The molecule has 2 N–H and O–H groups in total. The average Bonchev–Trinajstić information content (AvgIpc) is 2.29. The van der Waals surface area contributed by atoms with Gasteiger partial charge in [-0.2, -0.15) is 0 Å². The number of carbonyl (C=O) groups excluding carboxylic acids is 1. The van der Waals surface area contributed by atoms with Crippen molar-refractivity contribution in [3.8, 4) is 0 Å². The van der Waals surface area contributed by atoms with Crippen LogP contribution in [0.25, 0.3) is 0 Å². The SMILES string of the molecule is CCOC(=O)C(C)(C)C(N)Cc1cccc(C)c1. The van der Waals surface area contributed by atoms with Gasteiger partial charge in [0.25, 0.3) is 0 Å². The third kappa shape index (κ3) is 3.57. The predicted molar refractivity (Wildman–Crippen MR) is 73.3 cm³/mol. The molecule has 1 rings (SSSR count). The highest BCUT2D eigenvalue weighted by Gasteiger charge is 2.35. The number of hydrogen-bond donors (Lipinski definition) is 1. The Hall–Kier alpha value is -1.35. The van der Waals surface area contributed by atoms with Gasteiger partial charge in [0.2, 0.25) is 0 Å². The van der Waals surface area contributed by atoms with Gasteiger partial charge in [0, 0.05) is 6.04 Å². The first-order chi connectivity index (χ1) is 8.37. The summed E-state index contributed by atoms with van der Waals surface area (Å²) in [6.45, 7) is 7.92. The van der Waals surface area contributed by atoms with Crippen LogP contribution in [0.3, 0.4) is 0 Å². The van der Waals surface area contributed by atoms with Crippen molar-refractivity contribution in [1.82, 2.24) is 0 Å². The summed E-state index contributed by atoms with van der Waals surface area (Å²) in [5.41, 5.74) is 7.85. The summed E-state index contributed by atoms with van der Waals surface area (Å²) in [5, 5.41) is 0. The third-order valence-corrected chi connectivity index (χ3v) is 3.27. The minimum Gasteiger partial charge on any atom is -0.466 e. The molecular formula is C15H23NO2. The number of ether oxygens (including phenoxy) is 1. The van der Waals surface area contributed by atoms with E-state index in [9.17, 15) is 4.79 Å². The number of hydrogen-bond acceptors (Lipinski definition) is 3. The molecule has 0 saturated carbocycles. The van der Waals surface area contributed by atoms with Crippen LogP contribution in [0.1, 0.15) is 31.9 Å². The average molecular weight is 249 g/mol. The lowest BCUT2D eigenvalue weighted by molar-refractivity contribution is -0.154. The Balaban J connectivity index is 2.75. The van der Waals surface area contributed by atoms with Crippen molar-refractivity contribution in [2.24, 2.45) is 11.1 Å². The molecule has 0 aliphatic rings. The van der Waals surface area contributed by atoms with Crippen LogP contribution in [0.5, 0.6) is 0 Å². The van der Waals surface area contributed by atoms with Crippen LogP contribution in [-0.2, 0) is 16.0 Å². The summed E-state index contributed by atoms with van der Waals surface area (Å²) in [6, 6.07) is 7.94. The zero-order chi connectivity index (χ0) is 13.8. The Kier molecular flexibility index (Phi) is 4.91. The third-order valence-electron chi connectivity index (χ3n) is 3.27. The topological polar surface area (TPSA) is 52.3 Å². The Bertz CT molecular complexity index is 413. The monoisotopic (exact) mass is 249 g/mol. The highest BCUT2D eigenvalue weighted by Crippen LogP contribution is 2.24. The van der Waals surface area contributed by atoms with Gasteiger partial charge in [-0.15, -0.1) is 0 Å². The van der Waals surface area contributed by atoms with E-state index in [0.717, 1.165) is 5.56 Å². The summed E-state index contributed by atoms with van der Waals surface area (Å²) in [5.74, 6) is -0.231. The van der Waals surface area contributed by atoms with E-state index < -0.39 is 5.41 Å². The Labute approximate surface area is 109 Å². The molecule has 100 valence electrons. The molecule has 0 heterocycles. The minimum atomic E-state index is -0.667. The smallest absolute Gasteiger partial charge is 0.313 e. The highest BCUT2D eigenvalue weighted by molar-refractivity contribution is 5.76. The molecule has 18 heavy (non-hydrogen) atoms. The summed E-state index contributed by atoms with van der Waals surface area (Å²) in [4.78, 5) is 11.9. The van der Waals surface area contributed by atoms with Crippen molar-refractivity contribution in [3.05, 3.63) is 35.4 Å². The lowest BCUT2D eigenvalue weighted by Crippen LogP contribution is -2.45. The van der Waals surface area contributed by atoms with E-state index in [1.807, 2.05) is 39.0 Å². The van der Waals surface area contributed by atoms with Crippen LogP contribution in [0.15, 0.2) is 24.3 Å². The highest BCUT2D eigenvalue weighted by atomic mass is 16.5. The van der Waals surface area contributed by atoms with E-state index in [2.05, 4.69) is 6.07 Å². The standard InChI is InChI=1S/C15H23NO2/c1-5-18-14(17)15(3,4)13(16)10-12-8-6-7-11(2)9-12/h6-9,13H,5,10,16H2,1-4H3. The van der Waals surface area contributed by atoms with Gasteiger partial charge in [-0.05, 0) is 39.7 Å². The van der Waals surface area contributed by atoms with E-state index in [-0.39, 0.29) is 12.0 Å². The molecule has 0 amide bonds. The molecule has 0 saturated heterocycles. The second kappa shape index (κ2) is 6.01. The summed E-state index contributed by atoms with van der Waals surface area (Å²) < 4.78 is 5.07. The van der Waals surface area contributed by atoms with E-state index in [0.29, 0.717) is 13.0 Å². The molecule has 1 atom stereocenters. The lowest BCUT2D eigenvalue weighted by Gasteiger charge is -2.29. The summed E-state index contributed by atoms with van der Waals surface area (Å²) in [6.07, 6.45) is 0.674. The summed E-state index contributed by atoms with van der Waals surface area (Å²) >= 11 is 0. The minimum absolute atomic E-state index is 0.231. The van der Waals surface area contributed by atoms with Crippen LogP contribution >= 0.6 is 0 Å². The van der Waals surface area contributed by atoms with Crippen molar-refractivity contribution in [2.45, 2.75) is 40.2 Å². The molecule has 0 fully saturated rings. The zero-order valence-electron chi connectivity index (χ0n) is 11.7. The van der Waals surface area contributed by atoms with Gasteiger partial charge < -0.3 is 10.5 Å². The van der Waals surface area contributed by atoms with Crippen molar-refractivity contribution in [3.63, 3.8) is 0 Å². The molecule has 1 aromatic carbocycles. The molecule has 1 aromatic rings. The molecule has 0 aromatic heterocycles. The number of esters is 1. The van der Waals surface area contributed by atoms with E-state index in [4.69, 9.17) is 10.5 Å². The van der Waals surface area contributed by atoms with Gasteiger partial charge in [-0.1, -0.05) is 29.8 Å². The van der Waals surface area contributed by atoms with Gasteiger partial charge >= 0.3 is 5.97 Å². The van der Waals surface area contributed by atoms with Crippen molar-refractivity contribution in [1.29, 1.82) is 0 Å². The van der Waals surface area contributed by atoms with E-state index in [1.54, 1.807) is 6.92 Å². The zero-order valence-corrected chi connectivity index (χ0v) is 11.7. The van der Waals surface area contributed by atoms with Gasteiger partial charge in [0.05, 0.1) is 12.0 Å². The fraction of sp³-hybridized carbons (Fsp3) is 0.533. The normalized spacial score (nSPS) is 13.2. The number of carbonyl (C=O) groups is 1. The van der Waals surface area contributed by atoms with Gasteiger partial charge in [0.15, 0.2) is 0 Å². The first-order valence-corrected chi connectivity index (χ1v) is 6.36. The molecule has 0 aliphatic heterocycles. The van der Waals surface area contributed by atoms with Gasteiger partial charge in [-0.25, -0.2) is 0 Å². The molecule has 0 aliphatic carbocycles. The van der Waals surface area contributed by atoms with Crippen LogP contribution < -0.4 is 5.73 Å². The maximum absolute atomic E-state index is 11.9. The maximum Gasteiger partial charge on any atom is 0.313 e. The lowest BCUT2D eigenvalue weighted by atomic mass is 9.81. The molecule has 3 heteroatoms. The fourth-order valence-corrected chi connectivity index (χ4v) is 1.82. The molecule has 1 unspecified atom stereocenters. The Morgan fingerprint density at radius 1 is 1.44 bits per heavy atom. The van der Waals surface area contributed by atoms with Crippen molar-refractivity contribution < 1.29 is 9.53 Å². The van der Waals surface area contributed by atoms with Crippen LogP contribution in [-0.4, -0.2) is 18.6 Å². The predicted octanol–water partition coefficient (Wildman–Crippen LogP) is 2.45. The second-order valence-electron chi connectivity index (χ2n) is 5.24. The number of aryl methyl sites for hydroxylation is 1. The van der Waals surface area contributed by atoms with Crippen molar-refractivity contribution >= 4 is 5.97 Å². The van der Waals surface area contributed by atoms with Gasteiger partial charge in [0.1, 0.15) is 0 Å². The number of benzene rings is 1. The quantitative estimate of drug-likeness (QED) is 0.815. The van der Waals surface area contributed by atoms with Crippen molar-refractivity contribution in [2.75, 3.05) is 6.61 Å². The van der Waals surface area contributed by atoms with Crippen LogP contribution in [0.4, 0.5) is 0 Å². The molecule has 0 bridgehead atoms. The number of rotatable bonds is 5. The first-order valence-electron chi connectivity index (χ1n) is 6.36. The Morgan fingerprint density at radius 2 is 2.11 bits per heavy atom. The Morgan fingerprint density at radius 3 is 2.67 bits per heavy atom. The molecular weight excluding hydrogens is 226 g/mol. The second-order valence-corrected chi connectivity index (χ2v) is 5.24. The summed E-state index contributed by atoms with van der Waals surface area (Å²) in [7, 11) is 0. The molecule has 0 radical (unpaired) electrons. The fourth-order valence-electron chi connectivity index (χ4n) is 1.82. The van der Waals surface area contributed by atoms with E-state index >= 15 is 0 Å².